The van der Waals surface area contributed by atoms with Crippen LogP contribution in [0.1, 0.15) is 32.6 Å². The molecule has 0 spiro atoms. The molecule has 1 aliphatic carbocycles. The first-order chi connectivity index (χ1) is 9.56. The molecule has 4 nitrogen and oxygen atoms in total. The Kier molecular flexibility index (Phi) is 4.71. The number of benzene rings is 1. The fourth-order valence-corrected chi connectivity index (χ4v) is 2.63. The van der Waals surface area contributed by atoms with E-state index in [0.717, 1.165) is 25.7 Å². The maximum Gasteiger partial charge on any atom is 0.244 e. The average Bonchev–Trinajstić information content (AvgIpc) is 2.89. The zero-order chi connectivity index (χ0) is 14.5. The Morgan fingerprint density at radius 3 is 2.65 bits per heavy atom. The molecular weight excluding hydrogens is 259 g/mol. The Hall–Kier alpha value is -1.91. The number of nitrogens with one attached hydrogen (secondary N) is 1. The van der Waals surface area contributed by atoms with Crippen LogP contribution in [0.25, 0.3) is 0 Å². The van der Waals surface area contributed by atoms with Gasteiger partial charge in [-0.05, 0) is 31.0 Å². The second-order valence-corrected chi connectivity index (χ2v) is 5.14. The van der Waals surface area contributed by atoms with Crippen LogP contribution in [0.2, 0.25) is 0 Å². The lowest BCUT2D eigenvalue weighted by Gasteiger charge is -2.27. The Labute approximate surface area is 118 Å². The molecule has 0 aliphatic heterocycles. The maximum absolute atomic E-state index is 13.0. The van der Waals surface area contributed by atoms with Crippen molar-refractivity contribution in [1.29, 1.82) is 0 Å². The Morgan fingerprint density at radius 1 is 1.35 bits per heavy atom. The van der Waals surface area contributed by atoms with E-state index < -0.39 is 5.82 Å². The van der Waals surface area contributed by atoms with Crippen molar-refractivity contribution in [2.45, 2.75) is 38.6 Å². The second-order valence-electron chi connectivity index (χ2n) is 5.14. The van der Waals surface area contributed by atoms with E-state index >= 15 is 0 Å². The van der Waals surface area contributed by atoms with Crippen LogP contribution in [-0.2, 0) is 9.59 Å². The van der Waals surface area contributed by atoms with E-state index in [9.17, 15) is 14.0 Å². The van der Waals surface area contributed by atoms with Crippen LogP contribution >= 0.6 is 0 Å². The van der Waals surface area contributed by atoms with Gasteiger partial charge in [0.25, 0.3) is 0 Å². The highest BCUT2D eigenvalue weighted by molar-refractivity contribution is 5.94. The fourth-order valence-electron chi connectivity index (χ4n) is 2.63. The van der Waals surface area contributed by atoms with Crippen molar-refractivity contribution in [2.75, 3.05) is 11.9 Å². The van der Waals surface area contributed by atoms with Crippen LogP contribution < -0.4 is 5.32 Å². The minimum atomic E-state index is -0.401. The molecule has 2 rings (SSSR count). The second kappa shape index (κ2) is 6.50. The summed E-state index contributed by atoms with van der Waals surface area (Å²) in [4.78, 5) is 25.2. The Balaban J connectivity index is 1.96. The van der Waals surface area contributed by atoms with Crippen molar-refractivity contribution >= 4 is 17.5 Å². The van der Waals surface area contributed by atoms with Gasteiger partial charge in [0.05, 0.1) is 0 Å². The Morgan fingerprint density at radius 2 is 2.05 bits per heavy atom. The molecule has 1 N–H and O–H groups in total. The zero-order valence-corrected chi connectivity index (χ0v) is 11.6. The average molecular weight is 278 g/mol. The lowest BCUT2D eigenvalue weighted by molar-refractivity contribution is -0.135. The minimum absolute atomic E-state index is 0.0243. The van der Waals surface area contributed by atoms with Gasteiger partial charge in [0, 0.05) is 18.7 Å². The van der Waals surface area contributed by atoms with Gasteiger partial charge < -0.3 is 10.2 Å². The first-order valence-electron chi connectivity index (χ1n) is 6.89. The first-order valence-corrected chi connectivity index (χ1v) is 6.89. The highest BCUT2D eigenvalue weighted by atomic mass is 19.1. The molecule has 1 aromatic rings. The molecule has 0 heterocycles. The van der Waals surface area contributed by atoms with Gasteiger partial charge in [-0.25, -0.2) is 4.39 Å². The SMILES string of the molecule is CC(=O)N(CC(=O)Nc1cccc(F)c1)C1CCCC1. The van der Waals surface area contributed by atoms with Gasteiger partial charge in [0.15, 0.2) is 0 Å². The molecule has 0 unspecified atom stereocenters. The molecule has 0 bridgehead atoms. The smallest absolute Gasteiger partial charge is 0.244 e. The number of hydrogen-bond acceptors (Lipinski definition) is 2. The number of rotatable bonds is 4. The fraction of sp³-hybridized carbons (Fsp3) is 0.467. The summed E-state index contributed by atoms with van der Waals surface area (Å²) in [7, 11) is 0. The molecule has 1 fully saturated rings. The molecular formula is C15H19FN2O2. The summed E-state index contributed by atoms with van der Waals surface area (Å²) >= 11 is 0. The number of halogens is 1. The summed E-state index contributed by atoms with van der Waals surface area (Å²) in [6.45, 7) is 1.50. The molecule has 1 aromatic carbocycles. The molecule has 0 aromatic heterocycles. The highest BCUT2D eigenvalue weighted by Gasteiger charge is 2.26. The van der Waals surface area contributed by atoms with E-state index in [4.69, 9.17) is 0 Å². The maximum atomic E-state index is 13.0. The summed E-state index contributed by atoms with van der Waals surface area (Å²) in [6.07, 6.45) is 4.10. The van der Waals surface area contributed by atoms with E-state index in [1.165, 1.54) is 25.1 Å². The van der Waals surface area contributed by atoms with Gasteiger partial charge >= 0.3 is 0 Å². The number of carbonyl (C=O) groups is 2. The number of carbonyl (C=O) groups excluding carboxylic acids is 2. The lowest BCUT2D eigenvalue weighted by atomic mass is 10.2. The van der Waals surface area contributed by atoms with Crippen LogP contribution in [-0.4, -0.2) is 29.3 Å². The van der Waals surface area contributed by atoms with Crippen molar-refractivity contribution < 1.29 is 14.0 Å². The molecule has 1 saturated carbocycles. The quantitative estimate of drug-likeness (QED) is 0.920. The normalized spacial score (nSPS) is 15.1. The van der Waals surface area contributed by atoms with E-state index in [2.05, 4.69) is 5.32 Å². The van der Waals surface area contributed by atoms with Gasteiger partial charge in [0.2, 0.25) is 11.8 Å². The zero-order valence-electron chi connectivity index (χ0n) is 11.6. The topological polar surface area (TPSA) is 49.4 Å². The van der Waals surface area contributed by atoms with Crippen molar-refractivity contribution in [3.8, 4) is 0 Å². The van der Waals surface area contributed by atoms with E-state index in [1.54, 1.807) is 11.0 Å². The molecule has 0 saturated heterocycles. The van der Waals surface area contributed by atoms with Crippen LogP contribution in [0.4, 0.5) is 10.1 Å². The summed E-state index contributed by atoms with van der Waals surface area (Å²) in [5.74, 6) is -0.786. The van der Waals surface area contributed by atoms with Crippen LogP contribution in [0, 0.1) is 5.82 Å². The molecule has 0 radical (unpaired) electrons. The number of amides is 2. The third-order valence-electron chi connectivity index (χ3n) is 3.59. The predicted molar refractivity (Wildman–Crippen MR) is 74.7 cm³/mol. The largest absolute Gasteiger partial charge is 0.331 e. The standard InChI is InChI=1S/C15H19FN2O2/c1-11(19)18(14-7-2-3-8-14)10-15(20)17-13-6-4-5-12(16)9-13/h4-6,9,14H,2-3,7-8,10H2,1H3,(H,17,20). The third kappa shape index (κ3) is 3.79. The van der Waals surface area contributed by atoms with Crippen molar-refractivity contribution in [3.05, 3.63) is 30.1 Å². The number of anilines is 1. The Bertz CT molecular complexity index is 498. The molecule has 2 amide bonds. The lowest BCUT2D eigenvalue weighted by Crippen LogP contribution is -2.42. The molecule has 20 heavy (non-hydrogen) atoms. The summed E-state index contributed by atoms with van der Waals surface area (Å²) in [5, 5.41) is 2.62. The summed E-state index contributed by atoms with van der Waals surface area (Å²) < 4.78 is 13.0. The van der Waals surface area contributed by atoms with Crippen molar-refractivity contribution in [2.24, 2.45) is 0 Å². The van der Waals surface area contributed by atoms with Gasteiger partial charge in [-0.3, -0.25) is 9.59 Å². The minimum Gasteiger partial charge on any atom is -0.331 e. The molecule has 5 heteroatoms. The van der Waals surface area contributed by atoms with Crippen molar-refractivity contribution in [3.63, 3.8) is 0 Å². The molecule has 108 valence electrons. The monoisotopic (exact) mass is 278 g/mol. The van der Waals surface area contributed by atoms with Gasteiger partial charge in [-0.2, -0.15) is 0 Å². The third-order valence-corrected chi connectivity index (χ3v) is 3.59. The van der Waals surface area contributed by atoms with Crippen LogP contribution in [0.3, 0.4) is 0 Å². The highest BCUT2D eigenvalue weighted by Crippen LogP contribution is 2.23. The van der Waals surface area contributed by atoms with E-state index in [1.807, 2.05) is 0 Å². The van der Waals surface area contributed by atoms with Crippen LogP contribution in [0.5, 0.6) is 0 Å². The number of nitrogens with zero attached hydrogens (tertiary/aromatic N) is 1. The van der Waals surface area contributed by atoms with Gasteiger partial charge in [-0.15, -0.1) is 0 Å². The molecule has 0 atom stereocenters. The van der Waals surface area contributed by atoms with E-state index in [0.29, 0.717) is 5.69 Å². The first kappa shape index (κ1) is 14.5. The van der Waals surface area contributed by atoms with Gasteiger partial charge in [-0.1, -0.05) is 18.9 Å². The summed E-state index contributed by atoms with van der Waals surface area (Å²) in [5.41, 5.74) is 0.407. The van der Waals surface area contributed by atoms with Gasteiger partial charge in [0.1, 0.15) is 12.4 Å². The molecule has 1 aliphatic rings. The van der Waals surface area contributed by atoms with Crippen molar-refractivity contribution in [1.82, 2.24) is 4.90 Å². The van der Waals surface area contributed by atoms with Crippen LogP contribution in [0.15, 0.2) is 24.3 Å². The summed E-state index contributed by atoms with van der Waals surface area (Å²) in [6, 6.07) is 5.88. The van der Waals surface area contributed by atoms with E-state index in [-0.39, 0.29) is 24.4 Å². The number of hydrogen-bond donors (Lipinski definition) is 1. The predicted octanol–water partition coefficient (Wildman–Crippen LogP) is 2.56.